The number of likely N-dealkylation sites (tertiary alicyclic amines) is 1. The Balaban J connectivity index is 1.80. The lowest BCUT2D eigenvalue weighted by molar-refractivity contribution is -0.148. The van der Waals surface area contributed by atoms with Crippen molar-refractivity contribution in [1.29, 1.82) is 0 Å². The Kier molecular flexibility index (Phi) is 6.89. The Morgan fingerprint density at radius 3 is 2.65 bits per heavy atom. The van der Waals surface area contributed by atoms with Crippen LogP contribution in [0.1, 0.15) is 45.1 Å². The summed E-state index contributed by atoms with van der Waals surface area (Å²) in [6.45, 7) is 9.09. The molecule has 0 bridgehead atoms. The van der Waals surface area contributed by atoms with Gasteiger partial charge in [0.2, 0.25) is 0 Å². The molecule has 0 aromatic heterocycles. The Labute approximate surface area is 156 Å². The van der Waals surface area contributed by atoms with Gasteiger partial charge >= 0.3 is 5.97 Å². The SMILES string of the molecule is COc1ccc(N)c(C(C)CNC2CCN(CC(C)(C)C(=O)O)CC2)c1. The van der Waals surface area contributed by atoms with E-state index in [-0.39, 0.29) is 0 Å². The van der Waals surface area contributed by atoms with Gasteiger partial charge in [0.05, 0.1) is 12.5 Å². The summed E-state index contributed by atoms with van der Waals surface area (Å²) in [5.74, 6) is 0.395. The molecular formula is C20H33N3O3. The molecule has 1 aromatic rings. The number of nitrogens with two attached hydrogens (primary N) is 1. The fourth-order valence-electron chi connectivity index (χ4n) is 3.48. The molecule has 2 rings (SSSR count). The topological polar surface area (TPSA) is 87.8 Å². The van der Waals surface area contributed by atoms with Gasteiger partial charge in [-0.15, -0.1) is 0 Å². The van der Waals surface area contributed by atoms with E-state index < -0.39 is 11.4 Å². The van der Waals surface area contributed by atoms with Crippen LogP contribution in [0.3, 0.4) is 0 Å². The minimum atomic E-state index is -0.734. The summed E-state index contributed by atoms with van der Waals surface area (Å²) in [7, 11) is 1.66. The molecule has 4 N–H and O–H groups in total. The van der Waals surface area contributed by atoms with Gasteiger partial charge in [0.15, 0.2) is 0 Å². The van der Waals surface area contributed by atoms with E-state index in [1.165, 1.54) is 0 Å². The van der Waals surface area contributed by atoms with Gasteiger partial charge in [-0.3, -0.25) is 4.79 Å². The summed E-state index contributed by atoms with van der Waals surface area (Å²) in [5, 5.41) is 12.9. The second-order valence-corrected chi connectivity index (χ2v) is 8.04. The van der Waals surface area contributed by atoms with Crippen molar-refractivity contribution in [2.45, 2.75) is 45.6 Å². The average molecular weight is 364 g/mol. The van der Waals surface area contributed by atoms with Crippen molar-refractivity contribution in [1.82, 2.24) is 10.2 Å². The molecule has 6 nitrogen and oxygen atoms in total. The number of benzene rings is 1. The maximum atomic E-state index is 11.3. The fourth-order valence-corrected chi connectivity index (χ4v) is 3.48. The Hall–Kier alpha value is -1.79. The molecule has 0 aliphatic carbocycles. The third-order valence-electron chi connectivity index (χ3n) is 5.32. The largest absolute Gasteiger partial charge is 0.497 e. The lowest BCUT2D eigenvalue weighted by atomic mass is 9.91. The third-order valence-corrected chi connectivity index (χ3v) is 5.32. The number of carboxylic acids is 1. The van der Waals surface area contributed by atoms with Gasteiger partial charge in [-0.1, -0.05) is 6.92 Å². The first-order valence-electron chi connectivity index (χ1n) is 9.35. The summed E-state index contributed by atoms with van der Waals surface area (Å²) in [6.07, 6.45) is 2.08. The number of carbonyl (C=O) groups is 1. The van der Waals surface area contributed by atoms with Crippen LogP contribution in [0.2, 0.25) is 0 Å². The van der Waals surface area contributed by atoms with Crippen molar-refractivity contribution >= 4 is 11.7 Å². The molecule has 146 valence electrons. The highest BCUT2D eigenvalue weighted by Gasteiger charge is 2.31. The zero-order chi connectivity index (χ0) is 19.3. The first kappa shape index (κ1) is 20.5. The number of anilines is 1. The predicted octanol–water partition coefficient (Wildman–Crippen LogP) is 2.55. The lowest BCUT2D eigenvalue weighted by Gasteiger charge is -2.36. The number of methoxy groups -OCH3 is 1. The van der Waals surface area contributed by atoms with Crippen LogP contribution in [-0.4, -0.2) is 55.3 Å². The number of aliphatic carboxylic acids is 1. The smallest absolute Gasteiger partial charge is 0.310 e. The van der Waals surface area contributed by atoms with Crippen molar-refractivity contribution in [2.75, 3.05) is 39.0 Å². The lowest BCUT2D eigenvalue weighted by Crippen LogP contribution is -2.47. The maximum Gasteiger partial charge on any atom is 0.310 e. The van der Waals surface area contributed by atoms with E-state index in [2.05, 4.69) is 17.1 Å². The molecule has 26 heavy (non-hydrogen) atoms. The zero-order valence-corrected chi connectivity index (χ0v) is 16.4. The second-order valence-electron chi connectivity index (χ2n) is 8.04. The minimum Gasteiger partial charge on any atom is -0.497 e. The van der Waals surface area contributed by atoms with Crippen LogP contribution in [0.15, 0.2) is 18.2 Å². The molecule has 1 atom stereocenters. The molecule has 0 radical (unpaired) electrons. The molecule has 1 aliphatic heterocycles. The van der Waals surface area contributed by atoms with Gasteiger partial charge in [0.1, 0.15) is 5.75 Å². The summed E-state index contributed by atoms with van der Waals surface area (Å²) < 4.78 is 5.30. The molecule has 6 heteroatoms. The molecule has 0 saturated carbocycles. The molecular weight excluding hydrogens is 330 g/mol. The van der Waals surface area contributed by atoms with Crippen LogP contribution >= 0.6 is 0 Å². The highest BCUT2D eigenvalue weighted by atomic mass is 16.5. The summed E-state index contributed by atoms with van der Waals surface area (Å²) >= 11 is 0. The van der Waals surface area contributed by atoms with Gasteiger partial charge in [0.25, 0.3) is 0 Å². The first-order chi connectivity index (χ1) is 12.2. The monoisotopic (exact) mass is 363 g/mol. The number of nitrogens with zero attached hydrogens (tertiary/aromatic N) is 1. The molecule has 1 aromatic carbocycles. The Morgan fingerprint density at radius 2 is 2.08 bits per heavy atom. The van der Waals surface area contributed by atoms with Crippen LogP contribution < -0.4 is 15.8 Å². The Bertz CT molecular complexity index is 610. The molecule has 1 saturated heterocycles. The summed E-state index contributed by atoms with van der Waals surface area (Å²) in [5.41, 5.74) is 7.33. The highest BCUT2D eigenvalue weighted by Crippen LogP contribution is 2.27. The fraction of sp³-hybridized carbons (Fsp3) is 0.650. The summed E-state index contributed by atoms with van der Waals surface area (Å²) in [6, 6.07) is 6.26. The predicted molar refractivity (Wildman–Crippen MR) is 105 cm³/mol. The van der Waals surface area contributed by atoms with Crippen LogP contribution in [-0.2, 0) is 4.79 Å². The van der Waals surface area contributed by atoms with Gasteiger partial charge in [0, 0.05) is 24.8 Å². The molecule has 1 aliphatic rings. The average Bonchev–Trinajstić information content (AvgIpc) is 2.61. The third kappa shape index (κ3) is 5.35. The standard InChI is InChI=1S/C20H33N3O3/c1-14(17-11-16(26-4)5-6-18(17)21)12-22-15-7-9-23(10-8-15)13-20(2,3)19(24)25/h5-6,11,14-15,22H,7-10,12-13,21H2,1-4H3,(H,24,25). The quantitative estimate of drug-likeness (QED) is 0.615. The number of piperidine rings is 1. The first-order valence-corrected chi connectivity index (χ1v) is 9.35. The van der Waals surface area contributed by atoms with Gasteiger partial charge in [-0.05, 0) is 69.5 Å². The number of nitrogen functional groups attached to an aromatic ring is 1. The van der Waals surface area contributed by atoms with Crippen molar-refractivity contribution in [2.24, 2.45) is 5.41 Å². The Morgan fingerprint density at radius 1 is 1.42 bits per heavy atom. The van der Waals surface area contributed by atoms with E-state index in [1.807, 2.05) is 18.2 Å². The van der Waals surface area contributed by atoms with E-state index in [4.69, 9.17) is 10.5 Å². The number of rotatable bonds is 8. The van der Waals surface area contributed by atoms with Crippen molar-refractivity contribution in [3.05, 3.63) is 23.8 Å². The van der Waals surface area contributed by atoms with Crippen LogP contribution in [0.25, 0.3) is 0 Å². The molecule has 1 unspecified atom stereocenters. The zero-order valence-electron chi connectivity index (χ0n) is 16.4. The van der Waals surface area contributed by atoms with E-state index in [1.54, 1.807) is 21.0 Å². The number of ether oxygens (including phenoxy) is 1. The minimum absolute atomic E-state index is 0.300. The summed E-state index contributed by atoms with van der Waals surface area (Å²) in [4.78, 5) is 13.5. The number of hydrogen-bond acceptors (Lipinski definition) is 5. The van der Waals surface area contributed by atoms with Crippen LogP contribution in [0.4, 0.5) is 5.69 Å². The molecule has 1 fully saturated rings. The van der Waals surface area contributed by atoms with Gasteiger partial charge < -0.3 is 25.8 Å². The second kappa shape index (κ2) is 8.73. The van der Waals surface area contributed by atoms with E-state index in [0.717, 1.165) is 49.5 Å². The van der Waals surface area contributed by atoms with E-state index >= 15 is 0 Å². The molecule has 0 amide bonds. The van der Waals surface area contributed by atoms with Crippen molar-refractivity contribution in [3.63, 3.8) is 0 Å². The number of hydrogen-bond donors (Lipinski definition) is 3. The maximum absolute atomic E-state index is 11.3. The van der Waals surface area contributed by atoms with Crippen LogP contribution in [0.5, 0.6) is 5.75 Å². The normalized spacial score (nSPS) is 17.8. The van der Waals surface area contributed by atoms with Crippen molar-refractivity contribution < 1.29 is 14.6 Å². The van der Waals surface area contributed by atoms with E-state index in [9.17, 15) is 9.90 Å². The number of nitrogens with one attached hydrogen (secondary N) is 1. The van der Waals surface area contributed by atoms with Crippen LogP contribution in [0, 0.1) is 5.41 Å². The van der Waals surface area contributed by atoms with Gasteiger partial charge in [-0.2, -0.15) is 0 Å². The number of carboxylic acid groups (broad SMARTS) is 1. The molecule has 0 spiro atoms. The molecule has 1 heterocycles. The van der Waals surface area contributed by atoms with Crippen molar-refractivity contribution in [3.8, 4) is 5.75 Å². The highest BCUT2D eigenvalue weighted by molar-refractivity contribution is 5.73. The van der Waals surface area contributed by atoms with E-state index in [0.29, 0.717) is 18.5 Å². The van der Waals surface area contributed by atoms with Gasteiger partial charge in [-0.25, -0.2) is 0 Å².